The number of nitrogens with zero attached hydrogens (tertiary/aromatic N) is 3. The van der Waals surface area contributed by atoms with Crippen LogP contribution in [0, 0.1) is 0 Å². The first kappa shape index (κ1) is 16.7. The van der Waals surface area contributed by atoms with Crippen molar-refractivity contribution in [2.24, 2.45) is 0 Å². The van der Waals surface area contributed by atoms with Gasteiger partial charge in [-0.2, -0.15) is 0 Å². The van der Waals surface area contributed by atoms with Gasteiger partial charge in [-0.15, -0.1) is 0 Å². The molecule has 1 saturated heterocycles. The fourth-order valence-electron chi connectivity index (χ4n) is 2.81. The van der Waals surface area contributed by atoms with Crippen molar-refractivity contribution in [1.29, 1.82) is 0 Å². The van der Waals surface area contributed by atoms with E-state index in [4.69, 9.17) is 5.73 Å². The molecule has 24 heavy (non-hydrogen) atoms. The van der Waals surface area contributed by atoms with Gasteiger partial charge in [0.15, 0.2) is 5.13 Å². The zero-order valence-corrected chi connectivity index (χ0v) is 14.7. The minimum Gasteiger partial charge on any atom is -0.382 e. The van der Waals surface area contributed by atoms with E-state index >= 15 is 0 Å². The lowest BCUT2D eigenvalue weighted by Crippen LogP contribution is -2.48. The van der Waals surface area contributed by atoms with E-state index in [1.807, 2.05) is 17.9 Å². The number of nitrogens with one attached hydrogen (secondary N) is 1. The van der Waals surface area contributed by atoms with Crippen LogP contribution < -0.4 is 11.1 Å². The molecule has 2 heterocycles. The molecule has 0 saturated carbocycles. The van der Waals surface area contributed by atoms with E-state index in [0.29, 0.717) is 15.8 Å². The number of anilines is 2. The molecule has 1 aromatic heterocycles. The summed E-state index contributed by atoms with van der Waals surface area (Å²) in [6, 6.07) is 10.4. The minimum atomic E-state index is -0.00601. The van der Waals surface area contributed by atoms with Gasteiger partial charge in [0.05, 0.1) is 0 Å². The average molecular weight is 345 g/mol. The second-order valence-corrected chi connectivity index (χ2v) is 6.82. The first-order chi connectivity index (χ1) is 11.7. The van der Waals surface area contributed by atoms with E-state index in [1.54, 1.807) is 0 Å². The summed E-state index contributed by atoms with van der Waals surface area (Å²) in [5, 5.41) is 3.82. The highest BCUT2D eigenvalue weighted by molar-refractivity contribution is 7.18. The number of rotatable bonds is 5. The summed E-state index contributed by atoms with van der Waals surface area (Å²) < 4.78 is 0. The van der Waals surface area contributed by atoms with E-state index in [9.17, 15) is 4.79 Å². The summed E-state index contributed by atoms with van der Waals surface area (Å²) >= 11 is 1.34. The Morgan fingerprint density at radius 3 is 2.62 bits per heavy atom. The van der Waals surface area contributed by atoms with Gasteiger partial charge in [0.25, 0.3) is 5.91 Å². The van der Waals surface area contributed by atoms with Crippen LogP contribution in [0.4, 0.5) is 10.9 Å². The number of thiazole rings is 1. The second-order valence-electron chi connectivity index (χ2n) is 5.82. The number of piperazine rings is 1. The van der Waals surface area contributed by atoms with Gasteiger partial charge < -0.3 is 16.0 Å². The molecule has 7 heteroatoms. The monoisotopic (exact) mass is 345 g/mol. The van der Waals surface area contributed by atoms with Crippen molar-refractivity contribution >= 4 is 28.2 Å². The maximum atomic E-state index is 12.7. The molecule has 1 aliphatic rings. The van der Waals surface area contributed by atoms with E-state index in [0.717, 1.165) is 39.3 Å². The molecule has 128 valence electrons. The number of nitrogen functional groups attached to an aromatic ring is 1. The van der Waals surface area contributed by atoms with E-state index < -0.39 is 0 Å². The average Bonchev–Trinajstić information content (AvgIpc) is 2.97. The third kappa shape index (κ3) is 3.85. The first-order valence-electron chi connectivity index (χ1n) is 8.23. The molecule has 0 spiro atoms. The van der Waals surface area contributed by atoms with Crippen LogP contribution in [-0.4, -0.2) is 53.4 Å². The molecule has 0 atom stereocenters. The molecule has 3 rings (SSSR count). The molecule has 1 aliphatic heterocycles. The fraction of sp³-hybridized carbons (Fsp3) is 0.412. The Kier molecular flexibility index (Phi) is 5.32. The zero-order chi connectivity index (χ0) is 16.9. The molecule has 2 aromatic rings. The molecule has 0 bridgehead atoms. The topological polar surface area (TPSA) is 74.5 Å². The predicted molar refractivity (Wildman–Crippen MR) is 98.3 cm³/mol. The van der Waals surface area contributed by atoms with Gasteiger partial charge in [-0.25, -0.2) is 4.98 Å². The number of carbonyl (C=O) groups is 1. The van der Waals surface area contributed by atoms with E-state index in [2.05, 4.69) is 39.5 Å². The van der Waals surface area contributed by atoms with Gasteiger partial charge in [0, 0.05) is 39.3 Å². The van der Waals surface area contributed by atoms with Crippen molar-refractivity contribution in [2.45, 2.75) is 13.5 Å². The number of nitrogens with two attached hydrogens (primary N) is 1. The summed E-state index contributed by atoms with van der Waals surface area (Å²) in [5.74, 6) is 0.321. The molecule has 1 amide bonds. The molecule has 1 fully saturated rings. The molecule has 0 radical (unpaired) electrons. The number of carbonyl (C=O) groups excluding carboxylic acids is 1. The third-order valence-corrected chi connectivity index (χ3v) is 5.10. The second kappa shape index (κ2) is 7.63. The maximum absolute atomic E-state index is 12.7. The lowest BCUT2D eigenvalue weighted by atomic mass is 10.2. The van der Waals surface area contributed by atoms with Gasteiger partial charge in [-0.1, -0.05) is 41.7 Å². The molecule has 3 N–H and O–H groups in total. The number of benzene rings is 1. The summed E-state index contributed by atoms with van der Waals surface area (Å²) in [7, 11) is 0. The molecular formula is C17H23N5OS. The van der Waals surface area contributed by atoms with Crippen LogP contribution in [0.1, 0.15) is 22.2 Å². The van der Waals surface area contributed by atoms with Crippen molar-refractivity contribution in [3.05, 3.63) is 40.8 Å². The Morgan fingerprint density at radius 1 is 1.25 bits per heavy atom. The standard InChI is InChI=1S/C17H23N5OS/c1-2-19-17-20-15(18)14(24-17)16(23)22-10-8-21(9-11-22)12-13-6-4-3-5-7-13/h3-7H,2,8-12,18H2,1H3,(H,19,20). The Hall–Kier alpha value is -2.12. The van der Waals surface area contributed by atoms with Crippen LogP contribution in [0.15, 0.2) is 30.3 Å². The molecule has 0 unspecified atom stereocenters. The van der Waals surface area contributed by atoms with Crippen LogP contribution in [0.2, 0.25) is 0 Å². The Bertz CT molecular complexity index is 680. The third-order valence-electron chi connectivity index (χ3n) is 4.08. The Balaban J connectivity index is 1.57. The highest BCUT2D eigenvalue weighted by Crippen LogP contribution is 2.26. The highest BCUT2D eigenvalue weighted by Gasteiger charge is 2.25. The summed E-state index contributed by atoms with van der Waals surface area (Å²) in [4.78, 5) is 21.7. The summed E-state index contributed by atoms with van der Waals surface area (Å²) in [6.07, 6.45) is 0. The van der Waals surface area contributed by atoms with Crippen LogP contribution in [-0.2, 0) is 6.54 Å². The number of hydrogen-bond donors (Lipinski definition) is 2. The number of hydrogen-bond acceptors (Lipinski definition) is 6. The van der Waals surface area contributed by atoms with Crippen molar-refractivity contribution in [3.63, 3.8) is 0 Å². The fourth-order valence-corrected chi connectivity index (χ4v) is 3.73. The predicted octanol–water partition coefficient (Wildman–Crippen LogP) is 2.12. The normalized spacial score (nSPS) is 15.5. The summed E-state index contributed by atoms with van der Waals surface area (Å²) in [5.41, 5.74) is 7.21. The molecular weight excluding hydrogens is 322 g/mol. The maximum Gasteiger partial charge on any atom is 0.267 e. The molecule has 6 nitrogen and oxygen atoms in total. The van der Waals surface area contributed by atoms with Crippen LogP contribution in [0.3, 0.4) is 0 Å². The van der Waals surface area contributed by atoms with Gasteiger partial charge >= 0.3 is 0 Å². The van der Waals surface area contributed by atoms with Crippen LogP contribution in [0.25, 0.3) is 0 Å². The molecule has 1 aromatic carbocycles. The van der Waals surface area contributed by atoms with Crippen molar-refractivity contribution in [1.82, 2.24) is 14.8 Å². The summed E-state index contributed by atoms with van der Waals surface area (Å²) in [6.45, 7) is 6.87. The Morgan fingerprint density at radius 2 is 1.96 bits per heavy atom. The van der Waals surface area contributed by atoms with Crippen molar-refractivity contribution in [2.75, 3.05) is 43.8 Å². The van der Waals surface area contributed by atoms with Crippen LogP contribution >= 0.6 is 11.3 Å². The smallest absolute Gasteiger partial charge is 0.267 e. The largest absolute Gasteiger partial charge is 0.382 e. The quantitative estimate of drug-likeness (QED) is 0.868. The zero-order valence-electron chi connectivity index (χ0n) is 13.9. The lowest BCUT2D eigenvalue weighted by Gasteiger charge is -2.34. The van der Waals surface area contributed by atoms with E-state index in [1.165, 1.54) is 16.9 Å². The SMILES string of the molecule is CCNc1nc(N)c(C(=O)N2CCN(Cc3ccccc3)CC2)s1. The van der Waals surface area contributed by atoms with Gasteiger partial charge in [-0.3, -0.25) is 9.69 Å². The Labute approximate surface area is 146 Å². The lowest BCUT2D eigenvalue weighted by molar-refractivity contribution is 0.0634. The van der Waals surface area contributed by atoms with Crippen molar-refractivity contribution < 1.29 is 4.79 Å². The van der Waals surface area contributed by atoms with E-state index in [-0.39, 0.29) is 5.91 Å². The minimum absolute atomic E-state index is 0.00601. The van der Waals surface area contributed by atoms with Crippen LogP contribution in [0.5, 0.6) is 0 Å². The van der Waals surface area contributed by atoms with Crippen molar-refractivity contribution in [3.8, 4) is 0 Å². The van der Waals surface area contributed by atoms with Gasteiger partial charge in [0.2, 0.25) is 0 Å². The van der Waals surface area contributed by atoms with Gasteiger partial charge in [-0.05, 0) is 12.5 Å². The van der Waals surface area contributed by atoms with Gasteiger partial charge in [0.1, 0.15) is 10.7 Å². The highest BCUT2D eigenvalue weighted by atomic mass is 32.1. The number of amides is 1. The number of aromatic nitrogens is 1. The first-order valence-corrected chi connectivity index (χ1v) is 9.04. The molecule has 0 aliphatic carbocycles.